The number of nitrogen functional groups attached to an aromatic ring is 1. The molecule has 0 atom stereocenters. The summed E-state index contributed by atoms with van der Waals surface area (Å²) in [5, 5.41) is 9.43. The molecule has 0 saturated heterocycles. The first-order valence-corrected chi connectivity index (χ1v) is 8.50. The first kappa shape index (κ1) is 16.5. The molecule has 1 aliphatic rings. The smallest absolute Gasteiger partial charge is 0.263 e. The number of rotatable bonds is 4. The minimum atomic E-state index is -0.566. The van der Waals surface area contributed by atoms with Crippen molar-refractivity contribution in [3.05, 3.63) is 30.0 Å². The van der Waals surface area contributed by atoms with Crippen molar-refractivity contribution >= 4 is 34.5 Å². The van der Waals surface area contributed by atoms with Gasteiger partial charge >= 0.3 is 0 Å². The largest absolute Gasteiger partial charge is 0.454 e. The van der Waals surface area contributed by atoms with Crippen LogP contribution in [0.3, 0.4) is 0 Å². The van der Waals surface area contributed by atoms with E-state index in [0.29, 0.717) is 27.7 Å². The van der Waals surface area contributed by atoms with E-state index in [1.807, 2.05) is 19.1 Å². The van der Waals surface area contributed by atoms with Crippen LogP contribution in [0.1, 0.15) is 5.56 Å². The lowest BCUT2D eigenvalue weighted by Crippen LogP contribution is -2.24. The number of anilines is 1. The molecule has 26 heavy (non-hydrogen) atoms. The summed E-state index contributed by atoms with van der Waals surface area (Å²) < 4.78 is 12.5. The number of aryl methyl sites for hydroxylation is 1. The van der Waals surface area contributed by atoms with Crippen molar-refractivity contribution in [1.29, 1.82) is 0 Å². The van der Waals surface area contributed by atoms with E-state index in [1.165, 1.54) is 11.8 Å². The summed E-state index contributed by atoms with van der Waals surface area (Å²) >= 11 is 1.37. The Bertz CT molecular complexity index is 1020. The number of carbonyl (C=O) groups is 1. The Morgan fingerprint density at radius 2 is 2.19 bits per heavy atom. The van der Waals surface area contributed by atoms with Crippen molar-refractivity contribution in [2.45, 2.75) is 23.5 Å². The Morgan fingerprint density at radius 1 is 1.42 bits per heavy atom. The maximum Gasteiger partial charge on any atom is 0.263 e. The standard InChI is InChI=1S/C16H15N5O4S/c1-8-4-10-11(25-7-24-10)5-12(8)26-16-19-14-9(2-3-18-15(14)17)21(16)6-13(22)20-23/h2-5,23H,6-7H2,1H3,(H2,17,18)(H,20,22). The minimum absolute atomic E-state index is 0.109. The zero-order valence-electron chi connectivity index (χ0n) is 13.7. The van der Waals surface area contributed by atoms with Crippen LogP contribution in [0.2, 0.25) is 0 Å². The molecule has 0 radical (unpaired) electrons. The van der Waals surface area contributed by atoms with Gasteiger partial charge in [0.1, 0.15) is 12.1 Å². The monoisotopic (exact) mass is 373 g/mol. The number of hydrogen-bond donors (Lipinski definition) is 3. The van der Waals surface area contributed by atoms with Crippen LogP contribution in [0, 0.1) is 6.92 Å². The molecule has 3 aromatic rings. The molecule has 0 spiro atoms. The number of hydroxylamine groups is 1. The average molecular weight is 373 g/mol. The number of fused-ring (bicyclic) bond motifs is 2. The first-order valence-electron chi connectivity index (χ1n) is 7.68. The molecule has 0 saturated carbocycles. The van der Waals surface area contributed by atoms with E-state index in [1.54, 1.807) is 22.3 Å². The zero-order valence-corrected chi connectivity index (χ0v) is 14.5. The average Bonchev–Trinajstić information content (AvgIpc) is 3.21. The van der Waals surface area contributed by atoms with Crippen molar-refractivity contribution in [3.8, 4) is 11.5 Å². The topological polar surface area (TPSA) is 125 Å². The Kier molecular flexibility index (Phi) is 4.05. The number of nitrogens with two attached hydrogens (primary N) is 1. The van der Waals surface area contributed by atoms with Gasteiger partial charge in [0.25, 0.3) is 5.91 Å². The number of amides is 1. The number of nitrogens with one attached hydrogen (secondary N) is 1. The van der Waals surface area contributed by atoms with Gasteiger partial charge in [-0.3, -0.25) is 10.0 Å². The number of benzene rings is 1. The fourth-order valence-corrected chi connectivity index (χ4v) is 3.69. The van der Waals surface area contributed by atoms with Crippen LogP contribution in [0.4, 0.5) is 5.82 Å². The lowest BCUT2D eigenvalue weighted by atomic mass is 10.2. The van der Waals surface area contributed by atoms with Crippen molar-refractivity contribution in [2.75, 3.05) is 12.5 Å². The highest BCUT2D eigenvalue weighted by atomic mass is 32.2. The quantitative estimate of drug-likeness (QED) is 0.466. The minimum Gasteiger partial charge on any atom is -0.454 e. The van der Waals surface area contributed by atoms with E-state index in [4.69, 9.17) is 20.4 Å². The second-order valence-electron chi connectivity index (χ2n) is 5.65. The normalized spacial score (nSPS) is 12.5. The third kappa shape index (κ3) is 2.78. The molecular formula is C16H15N5O4S. The maximum atomic E-state index is 11.7. The molecular weight excluding hydrogens is 358 g/mol. The fraction of sp³-hybridized carbons (Fsp3) is 0.188. The van der Waals surface area contributed by atoms with Crippen LogP contribution >= 0.6 is 11.8 Å². The maximum absolute atomic E-state index is 11.7. The first-order chi connectivity index (χ1) is 12.6. The van der Waals surface area contributed by atoms with Crippen LogP contribution in [0.15, 0.2) is 34.4 Å². The fourth-order valence-electron chi connectivity index (χ4n) is 2.69. The van der Waals surface area contributed by atoms with Gasteiger partial charge in [-0.1, -0.05) is 11.8 Å². The summed E-state index contributed by atoms with van der Waals surface area (Å²) in [7, 11) is 0. The molecule has 134 valence electrons. The molecule has 0 fully saturated rings. The highest BCUT2D eigenvalue weighted by Gasteiger charge is 2.20. The number of nitrogens with zero attached hydrogens (tertiary/aromatic N) is 3. The Hall–Kier alpha value is -2.98. The van der Waals surface area contributed by atoms with E-state index in [-0.39, 0.29) is 19.2 Å². The van der Waals surface area contributed by atoms with Crippen LogP contribution < -0.4 is 20.7 Å². The molecule has 2 aromatic heterocycles. The van der Waals surface area contributed by atoms with Crippen LogP contribution in [0.5, 0.6) is 11.5 Å². The zero-order chi connectivity index (χ0) is 18.3. The predicted molar refractivity (Wildman–Crippen MR) is 93.3 cm³/mol. The van der Waals surface area contributed by atoms with E-state index < -0.39 is 5.91 Å². The Labute approximate surface area is 152 Å². The van der Waals surface area contributed by atoms with Crippen LogP contribution in [-0.2, 0) is 11.3 Å². The van der Waals surface area contributed by atoms with Crippen LogP contribution in [-0.4, -0.2) is 32.4 Å². The molecule has 0 aliphatic carbocycles. The van der Waals surface area contributed by atoms with E-state index >= 15 is 0 Å². The van der Waals surface area contributed by atoms with E-state index in [9.17, 15) is 4.79 Å². The summed E-state index contributed by atoms with van der Waals surface area (Å²) in [5.41, 5.74) is 9.69. The molecule has 4 N–H and O–H groups in total. The Morgan fingerprint density at radius 3 is 2.96 bits per heavy atom. The van der Waals surface area contributed by atoms with E-state index in [0.717, 1.165) is 10.5 Å². The van der Waals surface area contributed by atoms with Gasteiger partial charge in [-0.25, -0.2) is 15.4 Å². The third-order valence-electron chi connectivity index (χ3n) is 3.96. The second kappa shape index (κ2) is 6.39. The molecule has 4 rings (SSSR count). The summed E-state index contributed by atoms with van der Waals surface area (Å²) in [6, 6.07) is 5.49. The molecule has 9 nitrogen and oxygen atoms in total. The number of imidazole rings is 1. The molecule has 1 amide bonds. The van der Waals surface area contributed by atoms with Gasteiger partial charge < -0.3 is 19.8 Å². The van der Waals surface area contributed by atoms with Crippen molar-refractivity contribution in [3.63, 3.8) is 0 Å². The van der Waals surface area contributed by atoms with Gasteiger partial charge in [0.05, 0.1) is 5.52 Å². The number of hydrogen-bond acceptors (Lipinski definition) is 8. The highest BCUT2D eigenvalue weighted by molar-refractivity contribution is 7.99. The molecule has 10 heteroatoms. The summed E-state index contributed by atoms with van der Waals surface area (Å²) in [4.78, 5) is 21.2. The van der Waals surface area contributed by atoms with Crippen molar-refractivity contribution in [1.82, 2.24) is 20.0 Å². The molecule has 0 unspecified atom stereocenters. The lowest BCUT2D eigenvalue weighted by molar-refractivity contribution is -0.129. The number of pyridine rings is 1. The van der Waals surface area contributed by atoms with Crippen molar-refractivity contribution < 1.29 is 19.5 Å². The molecule has 0 bridgehead atoms. The third-order valence-corrected chi connectivity index (χ3v) is 5.11. The van der Waals surface area contributed by atoms with Crippen molar-refractivity contribution in [2.24, 2.45) is 0 Å². The summed E-state index contributed by atoms with van der Waals surface area (Å²) in [6.07, 6.45) is 1.55. The number of ether oxygens (including phenoxy) is 2. The van der Waals surface area contributed by atoms with Gasteiger partial charge in [0, 0.05) is 11.1 Å². The van der Waals surface area contributed by atoms with Gasteiger partial charge in [0.2, 0.25) is 6.79 Å². The SMILES string of the molecule is Cc1cc2c(cc1Sc1nc3c(N)nccc3n1CC(=O)NO)OCO2. The summed E-state index contributed by atoms with van der Waals surface area (Å²) in [6.45, 7) is 2.04. The van der Waals surface area contributed by atoms with Gasteiger partial charge in [-0.05, 0) is 30.7 Å². The van der Waals surface area contributed by atoms with Gasteiger partial charge in [-0.2, -0.15) is 0 Å². The number of carbonyl (C=O) groups excluding carboxylic acids is 1. The summed E-state index contributed by atoms with van der Waals surface area (Å²) in [5.74, 6) is 1.07. The van der Waals surface area contributed by atoms with Crippen LogP contribution in [0.25, 0.3) is 11.0 Å². The molecule has 1 aliphatic heterocycles. The highest BCUT2D eigenvalue weighted by Crippen LogP contribution is 2.41. The lowest BCUT2D eigenvalue weighted by Gasteiger charge is -2.10. The van der Waals surface area contributed by atoms with E-state index in [2.05, 4.69) is 9.97 Å². The molecule has 3 heterocycles. The van der Waals surface area contributed by atoms with Gasteiger partial charge in [0.15, 0.2) is 22.5 Å². The number of aromatic nitrogens is 3. The predicted octanol–water partition coefficient (Wildman–Crippen LogP) is 1.71. The van der Waals surface area contributed by atoms with Gasteiger partial charge in [-0.15, -0.1) is 0 Å². The second-order valence-corrected chi connectivity index (χ2v) is 6.66. The Balaban J connectivity index is 1.80. The molecule has 1 aromatic carbocycles.